The first kappa shape index (κ1) is 18.9. The summed E-state index contributed by atoms with van der Waals surface area (Å²) in [6, 6.07) is 15.6. The Balaban J connectivity index is 1.81. The highest BCUT2D eigenvalue weighted by Crippen LogP contribution is 2.21. The van der Waals surface area contributed by atoms with Crippen molar-refractivity contribution < 1.29 is 9.90 Å². The minimum atomic E-state index is -0.508. The fourth-order valence-electron chi connectivity index (χ4n) is 2.93. The maximum Gasteiger partial charge on any atom is 0.244 e. The molecule has 3 aromatic rings. The zero-order valence-electron chi connectivity index (χ0n) is 15.9. The van der Waals surface area contributed by atoms with Gasteiger partial charge in [-0.15, -0.1) is 0 Å². The molecule has 0 radical (unpaired) electrons. The van der Waals surface area contributed by atoms with Gasteiger partial charge in [-0.05, 0) is 42.7 Å². The van der Waals surface area contributed by atoms with Gasteiger partial charge in [0.15, 0.2) is 0 Å². The maximum atomic E-state index is 12.7. The first-order valence-electron chi connectivity index (χ1n) is 9.21. The van der Waals surface area contributed by atoms with Crippen LogP contribution >= 0.6 is 0 Å². The number of rotatable bonds is 7. The molecule has 1 unspecified atom stereocenters. The predicted molar refractivity (Wildman–Crippen MR) is 109 cm³/mol. The van der Waals surface area contributed by atoms with Crippen molar-refractivity contribution in [2.24, 2.45) is 0 Å². The van der Waals surface area contributed by atoms with Gasteiger partial charge in [0.05, 0.1) is 17.1 Å². The molecule has 1 heterocycles. The average Bonchev–Trinajstić information content (AvgIpc) is 2.97. The molecule has 1 atom stereocenters. The molecular formula is C21H26N4O2. The molecule has 0 aliphatic rings. The number of aliphatic hydroxyl groups excluding tert-OH is 1. The van der Waals surface area contributed by atoms with Crippen LogP contribution in [0.5, 0.6) is 0 Å². The highest BCUT2D eigenvalue weighted by molar-refractivity contribution is 5.92. The van der Waals surface area contributed by atoms with Crippen molar-refractivity contribution in [1.29, 1.82) is 0 Å². The molecule has 1 amide bonds. The molecule has 0 bridgehead atoms. The van der Waals surface area contributed by atoms with Gasteiger partial charge in [-0.25, -0.2) is 4.98 Å². The summed E-state index contributed by atoms with van der Waals surface area (Å²) < 4.78 is 1.83. The second-order valence-corrected chi connectivity index (χ2v) is 7.07. The van der Waals surface area contributed by atoms with Crippen LogP contribution in [0.3, 0.4) is 0 Å². The SMILES string of the molecule is CC(O)CNc1nc2ccccc2n1CC(=O)Nc1cccc(C(C)C)c1. The van der Waals surface area contributed by atoms with Gasteiger partial charge in [0.25, 0.3) is 0 Å². The second kappa shape index (κ2) is 8.22. The number of aromatic nitrogens is 2. The second-order valence-electron chi connectivity index (χ2n) is 7.07. The van der Waals surface area contributed by atoms with Crippen LogP contribution < -0.4 is 10.6 Å². The van der Waals surface area contributed by atoms with E-state index in [1.54, 1.807) is 6.92 Å². The molecule has 3 N–H and O–H groups in total. The quantitative estimate of drug-likeness (QED) is 0.597. The summed E-state index contributed by atoms with van der Waals surface area (Å²) in [6.07, 6.45) is -0.508. The Morgan fingerprint density at radius 3 is 2.67 bits per heavy atom. The molecule has 0 saturated carbocycles. The molecule has 0 fully saturated rings. The summed E-state index contributed by atoms with van der Waals surface area (Å²) in [4.78, 5) is 17.2. The van der Waals surface area contributed by atoms with E-state index < -0.39 is 6.10 Å². The highest BCUT2D eigenvalue weighted by atomic mass is 16.3. The van der Waals surface area contributed by atoms with E-state index >= 15 is 0 Å². The van der Waals surface area contributed by atoms with Gasteiger partial charge in [-0.1, -0.05) is 38.1 Å². The van der Waals surface area contributed by atoms with Gasteiger partial charge in [-0.3, -0.25) is 4.79 Å². The lowest BCUT2D eigenvalue weighted by atomic mass is 10.0. The van der Waals surface area contributed by atoms with Crippen molar-refractivity contribution in [2.45, 2.75) is 39.3 Å². The highest BCUT2D eigenvalue weighted by Gasteiger charge is 2.14. The molecule has 1 aromatic heterocycles. The molecule has 0 spiro atoms. The molecule has 142 valence electrons. The number of para-hydroxylation sites is 2. The fourth-order valence-corrected chi connectivity index (χ4v) is 2.93. The summed E-state index contributed by atoms with van der Waals surface area (Å²) in [5.41, 5.74) is 3.64. The van der Waals surface area contributed by atoms with E-state index in [1.807, 2.05) is 47.0 Å². The summed E-state index contributed by atoms with van der Waals surface area (Å²) in [5.74, 6) is 0.845. The molecule has 27 heavy (non-hydrogen) atoms. The monoisotopic (exact) mass is 366 g/mol. The Hall–Kier alpha value is -2.86. The van der Waals surface area contributed by atoms with Crippen LogP contribution in [0.4, 0.5) is 11.6 Å². The molecular weight excluding hydrogens is 340 g/mol. The third-order valence-corrected chi connectivity index (χ3v) is 4.35. The molecule has 3 rings (SSSR count). The van der Waals surface area contributed by atoms with E-state index in [2.05, 4.69) is 35.5 Å². The number of hydrogen-bond donors (Lipinski definition) is 3. The van der Waals surface area contributed by atoms with E-state index in [4.69, 9.17) is 0 Å². The number of nitrogens with one attached hydrogen (secondary N) is 2. The first-order valence-corrected chi connectivity index (χ1v) is 9.21. The molecule has 0 aliphatic carbocycles. The lowest BCUT2D eigenvalue weighted by Gasteiger charge is -2.13. The van der Waals surface area contributed by atoms with Gasteiger partial charge in [-0.2, -0.15) is 0 Å². The van der Waals surface area contributed by atoms with Crippen LogP contribution in [-0.2, 0) is 11.3 Å². The van der Waals surface area contributed by atoms with Crippen LogP contribution in [0.15, 0.2) is 48.5 Å². The van der Waals surface area contributed by atoms with Crippen molar-refractivity contribution in [3.8, 4) is 0 Å². The van der Waals surface area contributed by atoms with Crippen LogP contribution in [0.25, 0.3) is 11.0 Å². The van der Waals surface area contributed by atoms with Crippen molar-refractivity contribution in [2.75, 3.05) is 17.2 Å². The Kier molecular flexibility index (Phi) is 5.76. The minimum Gasteiger partial charge on any atom is -0.392 e. The van der Waals surface area contributed by atoms with Crippen molar-refractivity contribution in [3.63, 3.8) is 0 Å². The lowest BCUT2D eigenvalue weighted by Crippen LogP contribution is -2.22. The van der Waals surface area contributed by atoms with Gasteiger partial charge < -0.3 is 20.3 Å². The van der Waals surface area contributed by atoms with E-state index in [0.717, 1.165) is 16.7 Å². The van der Waals surface area contributed by atoms with E-state index in [1.165, 1.54) is 5.56 Å². The number of carbonyl (C=O) groups is 1. The third-order valence-electron chi connectivity index (χ3n) is 4.35. The summed E-state index contributed by atoms with van der Waals surface area (Å²) in [6.45, 7) is 6.45. The van der Waals surface area contributed by atoms with Crippen LogP contribution in [-0.4, -0.2) is 33.2 Å². The number of imidazole rings is 1. The minimum absolute atomic E-state index is 0.126. The number of carbonyl (C=O) groups excluding carboxylic acids is 1. The molecule has 6 nitrogen and oxygen atoms in total. The average molecular weight is 366 g/mol. The molecule has 2 aromatic carbocycles. The van der Waals surface area contributed by atoms with Crippen molar-refractivity contribution in [1.82, 2.24) is 9.55 Å². The molecule has 6 heteroatoms. The number of hydrogen-bond acceptors (Lipinski definition) is 4. The van der Waals surface area contributed by atoms with Crippen LogP contribution in [0, 0.1) is 0 Å². The number of aliphatic hydroxyl groups is 1. The summed E-state index contributed by atoms with van der Waals surface area (Å²) in [7, 11) is 0. The normalized spacial score (nSPS) is 12.3. The van der Waals surface area contributed by atoms with Crippen LogP contribution in [0.1, 0.15) is 32.3 Å². The Morgan fingerprint density at radius 2 is 1.93 bits per heavy atom. The summed E-state index contributed by atoms with van der Waals surface area (Å²) in [5, 5.41) is 15.6. The van der Waals surface area contributed by atoms with Gasteiger partial charge in [0.1, 0.15) is 6.54 Å². The predicted octanol–water partition coefficient (Wildman–Crippen LogP) is 3.59. The van der Waals surface area contributed by atoms with E-state index in [9.17, 15) is 9.90 Å². The lowest BCUT2D eigenvalue weighted by molar-refractivity contribution is -0.116. The Morgan fingerprint density at radius 1 is 1.15 bits per heavy atom. The smallest absolute Gasteiger partial charge is 0.244 e. The number of anilines is 2. The topological polar surface area (TPSA) is 79.2 Å². The zero-order valence-corrected chi connectivity index (χ0v) is 15.9. The number of benzene rings is 2. The third kappa shape index (κ3) is 4.65. The summed E-state index contributed by atoms with van der Waals surface area (Å²) >= 11 is 0. The maximum absolute atomic E-state index is 12.7. The zero-order chi connectivity index (χ0) is 19.4. The van der Waals surface area contributed by atoms with Crippen molar-refractivity contribution in [3.05, 3.63) is 54.1 Å². The van der Waals surface area contributed by atoms with Gasteiger partial charge in [0.2, 0.25) is 11.9 Å². The largest absolute Gasteiger partial charge is 0.392 e. The van der Waals surface area contributed by atoms with Crippen molar-refractivity contribution >= 4 is 28.6 Å². The number of fused-ring (bicyclic) bond motifs is 1. The molecule has 0 aliphatic heterocycles. The van der Waals surface area contributed by atoms with Gasteiger partial charge >= 0.3 is 0 Å². The van der Waals surface area contributed by atoms with E-state index in [-0.39, 0.29) is 12.5 Å². The number of amides is 1. The Bertz CT molecular complexity index is 931. The Labute approximate surface area is 159 Å². The standard InChI is InChI=1S/C21H26N4O2/c1-14(2)16-7-6-8-17(11-16)23-20(27)13-25-19-10-5-4-9-18(19)24-21(25)22-12-15(3)26/h4-11,14-15,26H,12-13H2,1-3H3,(H,22,24)(H,23,27). The number of nitrogens with zero attached hydrogens (tertiary/aromatic N) is 2. The first-order chi connectivity index (χ1) is 12.9. The van der Waals surface area contributed by atoms with E-state index in [0.29, 0.717) is 18.4 Å². The fraction of sp³-hybridized carbons (Fsp3) is 0.333. The molecule has 0 saturated heterocycles. The van der Waals surface area contributed by atoms with Crippen LogP contribution in [0.2, 0.25) is 0 Å². The van der Waals surface area contributed by atoms with Gasteiger partial charge in [0, 0.05) is 12.2 Å².